The summed E-state index contributed by atoms with van der Waals surface area (Å²) in [7, 11) is 0. The summed E-state index contributed by atoms with van der Waals surface area (Å²) < 4.78 is 10.8. The fourth-order valence-corrected chi connectivity index (χ4v) is 3.12. The Hall–Kier alpha value is -3.54. The first kappa shape index (κ1) is 23.1. The van der Waals surface area contributed by atoms with Crippen molar-refractivity contribution in [3.8, 4) is 5.75 Å². The van der Waals surface area contributed by atoms with E-state index in [0.29, 0.717) is 31.7 Å². The normalized spacial score (nSPS) is 11.1. The van der Waals surface area contributed by atoms with Crippen LogP contribution in [-0.2, 0) is 16.8 Å². The van der Waals surface area contributed by atoms with Crippen molar-refractivity contribution in [3.63, 3.8) is 0 Å². The van der Waals surface area contributed by atoms with Gasteiger partial charge in [-0.25, -0.2) is 0 Å². The summed E-state index contributed by atoms with van der Waals surface area (Å²) in [6.07, 6.45) is 2.47. The molecular weight excluding hydrogens is 404 g/mol. The zero-order valence-electron chi connectivity index (χ0n) is 18.8. The Labute approximate surface area is 189 Å². The highest BCUT2D eigenvalue weighted by Crippen LogP contribution is 2.24. The molecule has 0 aliphatic heterocycles. The molecule has 2 aromatic carbocycles. The van der Waals surface area contributed by atoms with E-state index in [2.05, 4.69) is 43.5 Å². The Kier molecular flexibility index (Phi) is 7.71. The van der Waals surface area contributed by atoms with Crippen molar-refractivity contribution in [2.24, 2.45) is 0 Å². The van der Waals surface area contributed by atoms with Crippen LogP contribution < -0.4 is 15.4 Å². The van der Waals surface area contributed by atoms with E-state index < -0.39 is 0 Å². The maximum absolute atomic E-state index is 12.2. The molecule has 2 amide bonds. The summed E-state index contributed by atoms with van der Waals surface area (Å²) in [5.74, 6) is 0.703. The predicted molar refractivity (Wildman–Crippen MR) is 125 cm³/mol. The van der Waals surface area contributed by atoms with Crippen LogP contribution >= 0.6 is 0 Å². The van der Waals surface area contributed by atoms with Crippen LogP contribution in [0, 0.1) is 0 Å². The predicted octanol–water partition coefficient (Wildman–Crippen LogP) is 5.30. The fourth-order valence-electron chi connectivity index (χ4n) is 3.12. The summed E-state index contributed by atoms with van der Waals surface area (Å²) in [4.78, 5) is 24.2. The van der Waals surface area contributed by atoms with E-state index in [-0.39, 0.29) is 23.0 Å². The van der Waals surface area contributed by atoms with Crippen LogP contribution in [0.15, 0.2) is 71.3 Å². The van der Waals surface area contributed by atoms with E-state index in [1.165, 1.54) is 11.8 Å². The standard InChI is InChI=1S/C26H30N2O4/c1-26(2,3)20-11-13-22(14-12-20)31-15-6-10-24(29)27-18-19-7-4-8-21(17-19)28-25(30)23-9-5-16-32-23/h4-5,7-9,11-14,16-17H,6,10,15,18H2,1-3H3,(H,27,29)(H,28,30). The van der Waals surface area contributed by atoms with Crippen LogP contribution in [0.1, 0.15) is 55.3 Å². The quantitative estimate of drug-likeness (QED) is 0.448. The Morgan fingerprint density at radius 2 is 1.78 bits per heavy atom. The number of benzene rings is 2. The van der Waals surface area contributed by atoms with Gasteiger partial charge in [0.2, 0.25) is 5.91 Å². The topological polar surface area (TPSA) is 80.6 Å². The first-order valence-electron chi connectivity index (χ1n) is 10.7. The maximum Gasteiger partial charge on any atom is 0.291 e. The Bertz CT molecular complexity index is 1020. The molecule has 6 nitrogen and oxygen atoms in total. The van der Waals surface area contributed by atoms with Gasteiger partial charge in [0.05, 0.1) is 12.9 Å². The van der Waals surface area contributed by atoms with Crippen LogP contribution in [0.4, 0.5) is 5.69 Å². The van der Waals surface area contributed by atoms with Gasteiger partial charge in [0, 0.05) is 18.7 Å². The lowest BCUT2D eigenvalue weighted by Crippen LogP contribution is -2.23. The van der Waals surface area contributed by atoms with Gasteiger partial charge in [-0.05, 0) is 59.4 Å². The molecule has 3 rings (SSSR count). The average Bonchev–Trinajstić information content (AvgIpc) is 3.30. The highest BCUT2D eigenvalue weighted by molar-refractivity contribution is 6.02. The molecule has 0 aliphatic rings. The van der Waals surface area contributed by atoms with Gasteiger partial charge < -0.3 is 19.8 Å². The van der Waals surface area contributed by atoms with Crippen LogP contribution in [0.3, 0.4) is 0 Å². The van der Waals surface area contributed by atoms with E-state index in [9.17, 15) is 9.59 Å². The number of furan rings is 1. The third-order valence-electron chi connectivity index (χ3n) is 4.96. The van der Waals surface area contributed by atoms with Crippen molar-refractivity contribution < 1.29 is 18.7 Å². The van der Waals surface area contributed by atoms with E-state index >= 15 is 0 Å². The molecule has 2 N–H and O–H groups in total. The first-order chi connectivity index (χ1) is 15.3. The van der Waals surface area contributed by atoms with Gasteiger partial charge in [-0.15, -0.1) is 0 Å². The molecule has 0 unspecified atom stereocenters. The van der Waals surface area contributed by atoms with Crippen molar-refractivity contribution in [2.75, 3.05) is 11.9 Å². The summed E-state index contributed by atoms with van der Waals surface area (Å²) in [5, 5.41) is 5.68. The van der Waals surface area contributed by atoms with Crippen LogP contribution in [0.5, 0.6) is 5.75 Å². The second kappa shape index (κ2) is 10.7. The highest BCUT2D eigenvalue weighted by Gasteiger charge is 2.13. The Balaban J connectivity index is 1.37. The smallest absolute Gasteiger partial charge is 0.291 e. The second-order valence-corrected chi connectivity index (χ2v) is 8.63. The third kappa shape index (κ3) is 7.01. The van der Waals surface area contributed by atoms with Gasteiger partial charge in [0.25, 0.3) is 5.91 Å². The Morgan fingerprint density at radius 1 is 1.00 bits per heavy atom. The number of carbonyl (C=O) groups excluding carboxylic acids is 2. The van der Waals surface area contributed by atoms with Gasteiger partial charge in [-0.2, -0.15) is 0 Å². The molecule has 0 bridgehead atoms. The SMILES string of the molecule is CC(C)(C)c1ccc(OCCCC(=O)NCc2cccc(NC(=O)c3ccco3)c2)cc1. The highest BCUT2D eigenvalue weighted by atomic mass is 16.5. The summed E-state index contributed by atoms with van der Waals surface area (Å²) in [5.41, 5.74) is 2.91. The van der Waals surface area contributed by atoms with Gasteiger partial charge >= 0.3 is 0 Å². The minimum absolute atomic E-state index is 0.0401. The molecule has 1 aromatic heterocycles. The van der Waals surface area contributed by atoms with E-state index in [4.69, 9.17) is 9.15 Å². The number of anilines is 1. The number of nitrogens with one attached hydrogen (secondary N) is 2. The zero-order chi connectivity index (χ0) is 23.0. The molecule has 3 aromatic rings. The average molecular weight is 435 g/mol. The zero-order valence-corrected chi connectivity index (χ0v) is 18.8. The Morgan fingerprint density at radius 3 is 2.47 bits per heavy atom. The molecule has 1 heterocycles. The molecule has 0 radical (unpaired) electrons. The molecule has 6 heteroatoms. The van der Waals surface area contributed by atoms with E-state index in [1.54, 1.807) is 18.2 Å². The minimum atomic E-state index is -0.316. The van der Waals surface area contributed by atoms with Crippen molar-refractivity contribution >= 4 is 17.5 Å². The maximum atomic E-state index is 12.2. The molecule has 168 valence electrons. The van der Waals surface area contributed by atoms with Crippen molar-refractivity contribution in [1.82, 2.24) is 5.32 Å². The molecule has 0 fully saturated rings. The van der Waals surface area contributed by atoms with E-state index in [1.807, 2.05) is 30.3 Å². The fraction of sp³-hybridized carbons (Fsp3) is 0.308. The molecule has 0 aliphatic carbocycles. The number of rotatable bonds is 9. The molecular formula is C26H30N2O4. The lowest BCUT2D eigenvalue weighted by molar-refractivity contribution is -0.121. The molecule has 0 saturated heterocycles. The van der Waals surface area contributed by atoms with Crippen LogP contribution in [0.25, 0.3) is 0 Å². The number of carbonyl (C=O) groups is 2. The molecule has 32 heavy (non-hydrogen) atoms. The van der Waals surface area contributed by atoms with Crippen LogP contribution in [0.2, 0.25) is 0 Å². The number of hydrogen-bond donors (Lipinski definition) is 2. The first-order valence-corrected chi connectivity index (χ1v) is 10.7. The second-order valence-electron chi connectivity index (χ2n) is 8.63. The van der Waals surface area contributed by atoms with Crippen molar-refractivity contribution in [2.45, 2.75) is 45.6 Å². The van der Waals surface area contributed by atoms with Gasteiger partial charge in [0.1, 0.15) is 5.75 Å². The monoisotopic (exact) mass is 434 g/mol. The van der Waals surface area contributed by atoms with E-state index in [0.717, 1.165) is 11.3 Å². The van der Waals surface area contributed by atoms with Crippen LogP contribution in [-0.4, -0.2) is 18.4 Å². The summed E-state index contributed by atoms with van der Waals surface area (Å²) >= 11 is 0. The summed E-state index contributed by atoms with van der Waals surface area (Å²) in [6.45, 7) is 7.40. The van der Waals surface area contributed by atoms with Gasteiger partial charge in [0.15, 0.2) is 5.76 Å². The molecule has 0 spiro atoms. The molecule has 0 saturated carbocycles. The lowest BCUT2D eigenvalue weighted by atomic mass is 9.87. The largest absolute Gasteiger partial charge is 0.494 e. The van der Waals surface area contributed by atoms with Gasteiger partial charge in [-0.3, -0.25) is 9.59 Å². The molecule has 0 atom stereocenters. The van der Waals surface area contributed by atoms with Crippen molar-refractivity contribution in [3.05, 3.63) is 83.8 Å². The summed E-state index contributed by atoms with van der Waals surface area (Å²) in [6, 6.07) is 18.7. The minimum Gasteiger partial charge on any atom is -0.494 e. The number of ether oxygens (including phenoxy) is 1. The third-order valence-corrected chi connectivity index (χ3v) is 4.96. The van der Waals surface area contributed by atoms with Gasteiger partial charge in [-0.1, -0.05) is 45.0 Å². The number of hydrogen-bond acceptors (Lipinski definition) is 4. The number of amides is 2. The lowest BCUT2D eigenvalue weighted by Gasteiger charge is -2.19. The van der Waals surface area contributed by atoms with Crippen molar-refractivity contribution in [1.29, 1.82) is 0 Å².